The molecule has 0 aliphatic rings. The molecular formula is C23H21F11O2. The van der Waals surface area contributed by atoms with E-state index >= 15 is 0 Å². The van der Waals surface area contributed by atoms with Gasteiger partial charge in [0, 0.05) is 6.42 Å². The second-order valence-corrected chi connectivity index (χ2v) is 7.81. The van der Waals surface area contributed by atoms with Crippen molar-refractivity contribution >= 4 is 0 Å². The van der Waals surface area contributed by atoms with E-state index in [1.54, 1.807) is 36.4 Å². The van der Waals surface area contributed by atoms with Gasteiger partial charge < -0.3 is 9.47 Å². The first-order valence-electron chi connectivity index (χ1n) is 10.5. The molecule has 0 bridgehead atoms. The normalized spacial score (nSPS) is 13.7. The van der Waals surface area contributed by atoms with Gasteiger partial charge in [-0.1, -0.05) is 43.3 Å². The monoisotopic (exact) mass is 538 g/mol. The zero-order valence-electron chi connectivity index (χ0n) is 18.6. The van der Waals surface area contributed by atoms with Crippen molar-refractivity contribution in [3.63, 3.8) is 0 Å². The lowest BCUT2D eigenvalue weighted by molar-refractivity contribution is -0.427. The van der Waals surface area contributed by atoms with Crippen LogP contribution in [0.15, 0.2) is 48.5 Å². The Hall–Kier alpha value is -2.57. The van der Waals surface area contributed by atoms with Gasteiger partial charge in [0.05, 0.1) is 19.8 Å². The maximum atomic E-state index is 13.7. The highest BCUT2D eigenvalue weighted by molar-refractivity contribution is 5.64. The fraction of sp³-hybridized carbons (Fsp3) is 0.478. The van der Waals surface area contributed by atoms with Crippen molar-refractivity contribution in [2.45, 2.75) is 56.2 Å². The standard InChI is InChI=1S/C23H21F11O2/c1-2-12-36-18-9-7-17(8-10-18)16-5-3-15(4-6-16)14-35-13-11-19(24,25)21(27,28)20(26,22(29,30)31)23(32,33)34/h3-10H,2,11-14H2,1H3. The van der Waals surface area contributed by atoms with Crippen molar-refractivity contribution in [1.29, 1.82) is 0 Å². The van der Waals surface area contributed by atoms with Crippen molar-refractivity contribution in [3.05, 3.63) is 54.1 Å². The Morgan fingerprint density at radius 1 is 0.639 bits per heavy atom. The first-order chi connectivity index (χ1) is 16.5. The number of hydrogen-bond acceptors (Lipinski definition) is 2. The van der Waals surface area contributed by atoms with Crippen LogP contribution in [-0.4, -0.2) is 43.1 Å². The molecule has 2 aromatic carbocycles. The smallest absolute Gasteiger partial charge is 0.438 e. The molecule has 202 valence electrons. The van der Waals surface area contributed by atoms with E-state index in [1.807, 2.05) is 6.92 Å². The van der Waals surface area contributed by atoms with E-state index in [1.165, 1.54) is 12.1 Å². The van der Waals surface area contributed by atoms with Gasteiger partial charge in [-0.25, -0.2) is 4.39 Å². The summed E-state index contributed by atoms with van der Waals surface area (Å²) >= 11 is 0. The molecule has 2 rings (SSSR count). The number of rotatable bonds is 11. The van der Waals surface area contributed by atoms with Gasteiger partial charge in [-0.3, -0.25) is 0 Å². The highest BCUT2D eigenvalue weighted by atomic mass is 19.4. The molecular weight excluding hydrogens is 517 g/mol. The van der Waals surface area contributed by atoms with Crippen LogP contribution in [0, 0.1) is 0 Å². The number of halogens is 11. The molecule has 0 aliphatic carbocycles. The maximum Gasteiger partial charge on any atom is 0.438 e. The molecule has 2 nitrogen and oxygen atoms in total. The number of alkyl halides is 11. The largest absolute Gasteiger partial charge is 0.494 e. The Kier molecular flexibility index (Phi) is 8.91. The molecule has 0 amide bonds. The molecule has 13 heteroatoms. The van der Waals surface area contributed by atoms with Crippen LogP contribution in [-0.2, 0) is 11.3 Å². The van der Waals surface area contributed by atoms with E-state index in [4.69, 9.17) is 9.47 Å². The Morgan fingerprint density at radius 3 is 1.56 bits per heavy atom. The first kappa shape index (κ1) is 29.7. The minimum Gasteiger partial charge on any atom is -0.494 e. The third-order valence-corrected chi connectivity index (χ3v) is 5.12. The molecule has 0 radical (unpaired) electrons. The number of hydrogen-bond donors (Lipinski definition) is 0. The minimum absolute atomic E-state index is 0.349. The van der Waals surface area contributed by atoms with E-state index in [0.29, 0.717) is 17.9 Å². The lowest BCUT2D eigenvalue weighted by Crippen LogP contribution is -2.70. The highest BCUT2D eigenvalue weighted by Gasteiger charge is 2.89. The first-order valence-corrected chi connectivity index (χ1v) is 10.5. The summed E-state index contributed by atoms with van der Waals surface area (Å²) in [4.78, 5) is 0. The highest BCUT2D eigenvalue weighted by Crippen LogP contribution is 2.59. The van der Waals surface area contributed by atoms with Crippen LogP contribution in [0.3, 0.4) is 0 Å². The van der Waals surface area contributed by atoms with Crippen molar-refractivity contribution in [3.8, 4) is 16.9 Å². The summed E-state index contributed by atoms with van der Waals surface area (Å²) in [5.41, 5.74) is -5.56. The molecule has 0 saturated carbocycles. The minimum atomic E-state index is -7.45. The molecule has 0 saturated heterocycles. The molecule has 0 heterocycles. The van der Waals surface area contributed by atoms with E-state index < -0.39 is 49.5 Å². The molecule has 2 aromatic rings. The summed E-state index contributed by atoms with van der Waals surface area (Å²) in [6.45, 7) is 0.675. The Labute approximate surface area is 199 Å². The van der Waals surface area contributed by atoms with Crippen LogP contribution < -0.4 is 4.74 Å². The van der Waals surface area contributed by atoms with Crippen LogP contribution in [0.25, 0.3) is 11.1 Å². The summed E-state index contributed by atoms with van der Waals surface area (Å²) in [5, 5.41) is 0. The Morgan fingerprint density at radius 2 is 1.11 bits per heavy atom. The fourth-order valence-electron chi connectivity index (χ4n) is 3.07. The SMILES string of the molecule is CCCOc1ccc(-c2ccc(COCCC(F)(F)C(F)(F)C(F)(C(F)(F)F)C(F)(F)F)cc2)cc1. The number of benzene rings is 2. The van der Waals surface area contributed by atoms with Crippen LogP contribution in [0.1, 0.15) is 25.3 Å². The second-order valence-electron chi connectivity index (χ2n) is 7.81. The van der Waals surface area contributed by atoms with Crippen LogP contribution in [0.4, 0.5) is 48.3 Å². The lowest BCUT2D eigenvalue weighted by Gasteiger charge is -2.39. The van der Waals surface area contributed by atoms with Gasteiger partial charge >= 0.3 is 29.9 Å². The molecule has 36 heavy (non-hydrogen) atoms. The van der Waals surface area contributed by atoms with Gasteiger partial charge in [-0.05, 0) is 35.2 Å². The molecule has 0 N–H and O–H groups in total. The average molecular weight is 538 g/mol. The molecule has 0 aliphatic heterocycles. The Balaban J connectivity index is 1.99. The van der Waals surface area contributed by atoms with Crippen LogP contribution in [0.2, 0.25) is 0 Å². The topological polar surface area (TPSA) is 18.5 Å². The van der Waals surface area contributed by atoms with Crippen molar-refractivity contribution in [1.82, 2.24) is 0 Å². The van der Waals surface area contributed by atoms with E-state index in [0.717, 1.165) is 17.5 Å². The third kappa shape index (κ3) is 6.04. The lowest BCUT2D eigenvalue weighted by atomic mass is 9.89. The van der Waals surface area contributed by atoms with Crippen molar-refractivity contribution < 1.29 is 57.8 Å². The molecule has 0 unspecified atom stereocenters. The summed E-state index contributed by atoms with van der Waals surface area (Å²) in [7, 11) is 0. The van der Waals surface area contributed by atoms with E-state index in [9.17, 15) is 48.3 Å². The molecule has 0 aromatic heterocycles. The second kappa shape index (κ2) is 10.8. The Bertz CT molecular complexity index is 952. The molecule has 0 fully saturated rings. The maximum absolute atomic E-state index is 13.7. The van der Waals surface area contributed by atoms with E-state index in [2.05, 4.69) is 0 Å². The van der Waals surface area contributed by atoms with Gasteiger partial charge in [0.1, 0.15) is 5.75 Å². The average Bonchev–Trinajstić information content (AvgIpc) is 2.79. The predicted molar refractivity (Wildman–Crippen MR) is 108 cm³/mol. The third-order valence-electron chi connectivity index (χ3n) is 5.12. The van der Waals surface area contributed by atoms with Crippen molar-refractivity contribution in [2.24, 2.45) is 0 Å². The fourth-order valence-corrected chi connectivity index (χ4v) is 3.07. The number of ether oxygens (including phenoxy) is 2. The van der Waals surface area contributed by atoms with Crippen LogP contribution in [0.5, 0.6) is 5.75 Å². The van der Waals surface area contributed by atoms with Gasteiger partial charge in [-0.15, -0.1) is 0 Å². The molecule has 0 atom stereocenters. The summed E-state index contributed by atoms with van der Waals surface area (Å²) in [6.07, 6.45) is -16.1. The summed E-state index contributed by atoms with van der Waals surface area (Å²) in [6, 6.07) is 13.3. The van der Waals surface area contributed by atoms with Gasteiger partial charge in [0.25, 0.3) is 0 Å². The quantitative estimate of drug-likeness (QED) is 0.212. The summed E-state index contributed by atoms with van der Waals surface area (Å²) < 4.78 is 154. The van der Waals surface area contributed by atoms with E-state index in [-0.39, 0.29) is 0 Å². The van der Waals surface area contributed by atoms with Crippen molar-refractivity contribution in [2.75, 3.05) is 13.2 Å². The summed E-state index contributed by atoms with van der Waals surface area (Å²) in [5.74, 6) is -12.5. The van der Waals surface area contributed by atoms with Gasteiger partial charge in [-0.2, -0.15) is 43.9 Å². The van der Waals surface area contributed by atoms with Gasteiger partial charge in [0.2, 0.25) is 0 Å². The van der Waals surface area contributed by atoms with Crippen LogP contribution >= 0.6 is 0 Å². The van der Waals surface area contributed by atoms with Gasteiger partial charge in [0.15, 0.2) is 0 Å². The zero-order valence-corrected chi connectivity index (χ0v) is 18.6. The zero-order chi connectivity index (χ0) is 27.4. The predicted octanol–water partition coefficient (Wildman–Crippen LogP) is 8.15. The molecule has 0 spiro atoms.